The number of carbonyl (C=O) groups is 1. The molecule has 0 radical (unpaired) electrons. The van der Waals surface area contributed by atoms with Crippen LogP contribution in [0, 0.1) is 6.92 Å². The monoisotopic (exact) mass is 378 g/mol. The number of halogens is 1. The van der Waals surface area contributed by atoms with E-state index in [0.29, 0.717) is 17.3 Å². The zero-order chi connectivity index (χ0) is 19.2. The number of carbonyl (C=O) groups excluding carboxylic acids is 1. The number of aryl methyl sites for hydroxylation is 1. The van der Waals surface area contributed by atoms with Crippen LogP contribution in [0.5, 0.6) is 0 Å². The third kappa shape index (κ3) is 4.97. The average Bonchev–Trinajstić information content (AvgIpc) is 2.66. The van der Waals surface area contributed by atoms with Gasteiger partial charge in [-0.1, -0.05) is 78.3 Å². The molecule has 0 aliphatic rings. The Morgan fingerprint density at radius 2 is 1.63 bits per heavy atom. The molecular weight excluding hydrogens is 356 g/mol. The SMILES string of the molecule is Cc1ccc(NC(=O)C(c2ccccc2)N(C)Cc2ccccc2)cc1Cl. The van der Waals surface area contributed by atoms with Crippen molar-refractivity contribution in [2.75, 3.05) is 12.4 Å². The lowest BCUT2D eigenvalue weighted by Gasteiger charge is -2.27. The Labute approximate surface area is 165 Å². The van der Waals surface area contributed by atoms with Gasteiger partial charge in [-0.15, -0.1) is 0 Å². The first-order valence-electron chi connectivity index (χ1n) is 8.91. The second-order valence-corrected chi connectivity index (χ2v) is 7.07. The summed E-state index contributed by atoms with van der Waals surface area (Å²) in [5.74, 6) is -0.0837. The van der Waals surface area contributed by atoms with E-state index in [2.05, 4.69) is 22.3 Å². The van der Waals surface area contributed by atoms with Crippen molar-refractivity contribution in [1.82, 2.24) is 4.90 Å². The Morgan fingerprint density at radius 1 is 1.00 bits per heavy atom. The van der Waals surface area contributed by atoms with E-state index in [-0.39, 0.29) is 5.91 Å². The lowest BCUT2D eigenvalue weighted by molar-refractivity contribution is -0.121. The highest BCUT2D eigenvalue weighted by molar-refractivity contribution is 6.31. The molecule has 0 aliphatic carbocycles. The fourth-order valence-corrected chi connectivity index (χ4v) is 3.27. The van der Waals surface area contributed by atoms with Gasteiger partial charge in [0.15, 0.2) is 0 Å². The van der Waals surface area contributed by atoms with Crippen molar-refractivity contribution in [1.29, 1.82) is 0 Å². The van der Waals surface area contributed by atoms with Gasteiger partial charge in [0.1, 0.15) is 6.04 Å². The van der Waals surface area contributed by atoms with Crippen LogP contribution in [-0.4, -0.2) is 17.9 Å². The molecule has 1 unspecified atom stereocenters. The number of rotatable bonds is 6. The minimum absolute atomic E-state index is 0.0837. The quantitative estimate of drug-likeness (QED) is 0.617. The molecule has 1 atom stereocenters. The van der Waals surface area contributed by atoms with E-state index >= 15 is 0 Å². The van der Waals surface area contributed by atoms with Crippen LogP contribution in [0.3, 0.4) is 0 Å². The van der Waals surface area contributed by atoms with Crippen molar-refractivity contribution in [3.05, 3.63) is 101 Å². The largest absolute Gasteiger partial charge is 0.324 e. The molecule has 138 valence electrons. The van der Waals surface area contributed by atoms with Crippen LogP contribution in [-0.2, 0) is 11.3 Å². The van der Waals surface area contributed by atoms with Crippen molar-refractivity contribution < 1.29 is 4.79 Å². The summed E-state index contributed by atoms with van der Waals surface area (Å²) in [7, 11) is 1.96. The molecule has 0 fully saturated rings. The molecule has 27 heavy (non-hydrogen) atoms. The summed E-state index contributed by atoms with van der Waals surface area (Å²) in [5.41, 5.74) is 3.79. The number of hydrogen-bond donors (Lipinski definition) is 1. The highest BCUT2D eigenvalue weighted by atomic mass is 35.5. The molecule has 1 amide bonds. The van der Waals surface area contributed by atoms with Crippen LogP contribution in [0.25, 0.3) is 0 Å². The molecule has 0 heterocycles. The van der Waals surface area contributed by atoms with E-state index in [0.717, 1.165) is 16.7 Å². The summed E-state index contributed by atoms with van der Waals surface area (Å²) in [6.45, 7) is 2.61. The molecule has 3 rings (SSSR count). The first-order valence-corrected chi connectivity index (χ1v) is 9.28. The van der Waals surface area contributed by atoms with Crippen molar-refractivity contribution in [3.63, 3.8) is 0 Å². The van der Waals surface area contributed by atoms with Crippen molar-refractivity contribution in [2.24, 2.45) is 0 Å². The van der Waals surface area contributed by atoms with Gasteiger partial charge in [0.25, 0.3) is 0 Å². The molecule has 3 aromatic carbocycles. The van der Waals surface area contributed by atoms with E-state index in [1.54, 1.807) is 6.07 Å². The topological polar surface area (TPSA) is 32.3 Å². The van der Waals surface area contributed by atoms with Crippen LogP contribution >= 0.6 is 11.6 Å². The Bertz CT molecular complexity index is 897. The van der Waals surface area contributed by atoms with E-state index < -0.39 is 6.04 Å². The maximum Gasteiger partial charge on any atom is 0.246 e. The van der Waals surface area contributed by atoms with Crippen LogP contribution in [0.1, 0.15) is 22.7 Å². The summed E-state index contributed by atoms with van der Waals surface area (Å²) in [6.07, 6.45) is 0. The van der Waals surface area contributed by atoms with Gasteiger partial charge in [-0.25, -0.2) is 0 Å². The van der Waals surface area contributed by atoms with E-state index in [1.165, 1.54) is 0 Å². The Kier molecular flexibility index (Phi) is 6.28. The molecule has 3 aromatic rings. The minimum atomic E-state index is -0.411. The van der Waals surface area contributed by atoms with E-state index in [9.17, 15) is 4.79 Å². The third-order valence-electron chi connectivity index (χ3n) is 4.52. The average molecular weight is 379 g/mol. The van der Waals surface area contributed by atoms with Gasteiger partial charge in [-0.05, 0) is 42.8 Å². The van der Waals surface area contributed by atoms with Gasteiger partial charge < -0.3 is 5.32 Å². The second-order valence-electron chi connectivity index (χ2n) is 6.67. The second kappa shape index (κ2) is 8.85. The highest BCUT2D eigenvalue weighted by Gasteiger charge is 2.25. The summed E-state index contributed by atoms with van der Waals surface area (Å²) in [5, 5.41) is 3.65. The molecular formula is C23H23ClN2O. The summed E-state index contributed by atoms with van der Waals surface area (Å²) in [4.78, 5) is 15.2. The number of nitrogens with one attached hydrogen (secondary N) is 1. The summed E-state index contributed by atoms with van der Waals surface area (Å²) < 4.78 is 0. The molecule has 0 saturated carbocycles. The lowest BCUT2D eigenvalue weighted by Crippen LogP contribution is -2.34. The third-order valence-corrected chi connectivity index (χ3v) is 4.93. The van der Waals surface area contributed by atoms with Crippen LogP contribution in [0.4, 0.5) is 5.69 Å². The Hall–Kier alpha value is -2.62. The normalized spacial score (nSPS) is 12.0. The number of likely N-dealkylation sites (N-methyl/N-ethyl adjacent to an activating group) is 1. The van der Waals surface area contributed by atoms with Gasteiger partial charge in [0.05, 0.1) is 0 Å². The van der Waals surface area contributed by atoms with Gasteiger partial charge in [-0.2, -0.15) is 0 Å². The van der Waals surface area contributed by atoms with Crippen molar-refractivity contribution in [2.45, 2.75) is 19.5 Å². The minimum Gasteiger partial charge on any atom is -0.324 e. The van der Waals surface area contributed by atoms with E-state index in [1.807, 2.05) is 74.6 Å². The van der Waals surface area contributed by atoms with Crippen LogP contribution in [0.15, 0.2) is 78.9 Å². The van der Waals surface area contributed by atoms with Gasteiger partial charge in [0.2, 0.25) is 5.91 Å². The smallest absolute Gasteiger partial charge is 0.246 e. The number of benzene rings is 3. The molecule has 0 saturated heterocycles. The maximum atomic E-state index is 13.1. The number of nitrogens with zero attached hydrogens (tertiary/aromatic N) is 1. The lowest BCUT2D eigenvalue weighted by atomic mass is 10.0. The predicted octanol–water partition coefficient (Wildman–Crippen LogP) is 5.46. The molecule has 4 heteroatoms. The number of hydrogen-bond acceptors (Lipinski definition) is 2. The van der Waals surface area contributed by atoms with Gasteiger partial charge in [0, 0.05) is 17.3 Å². The molecule has 0 aliphatic heterocycles. The Balaban J connectivity index is 1.85. The molecule has 1 N–H and O–H groups in total. The predicted molar refractivity (Wildman–Crippen MR) is 112 cm³/mol. The van der Waals surface area contributed by atoms with Crippen LogP contribution in [0.2, 0.25) is 5.02 Å². The fraction of sp³-hybridized carbons (Fsp3) is 0.174. The summed E-state index contributed by atoms with van der Waals surface area (Å²) >= 11 is 6.20. The molecule has 0 aromatic heterocycles. The first-order chi connectivity index (χ1) is 13.0. The molecule has 0 spiro atoms. The van der Waals surface area contributed by atoms with E-state index in [4.69, 9.17) is 11.6 Å². The van der Waals surface area contributed by atoms with Crippen molar-refractivity contribution >= 4 is 23.2 Å². The van der Waals surface area contributed by atoms with Gasteiger partial charge >= 0.3 is 0 Å². The van der Waals surface area contributed by atoms with Crippen molar-refractivity contribution in [3.8, 4) is 0 Å². The summed E-state index contributed by atoms with van der Waals surface area (Å²) in [6, 6.07) is 25.1. The number of anilines is 1. The number of amides is 1. The molecule has 3 nitrogen and oxygen atoms in total. The zero-order valence-corrected chi connectivity index (χ0v) is 16.3. The maximum absolute atomic E-state index is 13.1. The highest BCUT2D eigenvalue weighted by Crippen LogP contribution is 2.25. The zero-order valence-electron chi connectivity index (χ0n) is 15.5. The first kappa shape index (κ1) is 19.2. The Morgan fingerprint density at radius 3 is 2.26 bits per heavy atom. The molecule has 0 bridgehead atoms. The standard InChI is InChI=1S/C23H23ClN2O/c1-17-13-14-20(15-21(17)24)25-23(27)22(19-11-7-4-8-12-19)26(2)16-18-9-5-3-6-10-18/h3-15,22H,16H2,1-2H3,(H,25,27). The fourth-order valence-electron chi connectivity index (χ4n) is 3.09. The van der Waals surface area contributed by atoms with Crippen LogP contribution < -0.4 is 5.32 Å². The van der Waals surface area contributed by atoms with Gasteiger partial charge in [-0.3, -0.25) is 9.69 Å².